The Labute approximate surface area is 172 Å². The average molecular weight is 470 g/mol. The van der Waals surface area contributed by atoms with E-state index in [-0.39, 0.29) is 29.9 Å². The molecule has 2 rings (SSSR count). The van der Waals surface area contributed by atoms with Crippen LogP contribution in [0.2, 0.25) is 0 Å². The van der Waals surface area contributed by atoms with Gasteiger partial charge in [-0.1, -0.05) is 12.1 Å². The normalized spacial score (nSPS) is 10.8. The highest BCUT2D eigenvalue weighted by atomic mass is 127. The number of nitrogens with zero attached hydrogens (tertiary/aromatic N) is 3. The van der Waals surface area contributed by atoms with Gasteiger partial charge in [-0.2, -0.15) is 0 Å². The number of aryl methyl sites for hydroxylation is 1. The van der Waals surface area contributed by atoms with E-state index < -0.39 is 0 Å². The van der Waals surface area contributed by atoms with Crippen LogP contribution in [0, 0.1) is 0 Å². The highest BCUT2D eigenvalue weighted by molar-refractivity contribution is 14.0. The van der Waals surface area contributed by atoms with Crippen LogP contribution in [0.5, 0.6) is 0 Å². The van der Waals surface area contributed by atoms with Crippen LogP contribution in [0.4, 0.5) is 0 Å². The molecule has 0 saturated heterocycles. The maximum absolute atomic E-state index is 11.5. The Balaban J connectivity index is 0.00000338. The molecule has 2 aromatic rings. The van der Waals surface area contributed by atoms with E-state index in [1.165, 1.54) is 12.8 Å². The third kappa shape index (κ3) is 6.05. The molecule has 26 heavy (non-hydrogen) atoms. The number of carbonyl (C=O) groups excluding carboxylic acids is 1. The van der Waals surface area contributed by atoms with E-state index in [0.717, 1.165) is 24.6 Å². The van der Waals surface area contributed by atoms with Crippen molar-refractivity contribution in [3.63, 3.8) is 0 Å². The van der Waals surface area contributed by atoms with Crippen LogP contribution < -0.4 is 5.32 Å². The number of guanidine groups is 1. The van der Waals surface area contributed by atoms with Gasteiger partial charge in [0.1, 0.15) is 0 Å². The Morgan fingerprint density at radius 3 is 2.50 bits per heavy atom. The molecule has 6 nitrogen and oxygen atoms in total. The molecule has 1 aromatic heterocycles. The van der Waals surface area contributed by atoms with Gasteiger partial charge in [-0.3, -0.25) is 0 Å². The summed E-state index contributed by atoms with van der Waals surface area (Å²) < 4.78 is 6.81. The van der Waals surface area contributed by atoms with Crippen LogP contribution in [0.15, 0.2) is 47.6 Å². The van der Waals surface area contributed by atoms with Crippen molar-refractivity contribution in [2.24, 2.45) is 12.0 Å². The standard InChI is InChI=1S/C19H26N4O2.HI/c1-5-20-19(23(3)14-17-7-6-12-22(17)2)21-13-15-8-10-16(11-9-15)18(24)25-4;/h6-12H,5,13-14H2,1-4H3,(H,20,21);1H. The fraction of sp³-hybridized carbons (Fsp3) is 0.368. The maximum atomic E-state index is 11.5. The molecule has 0 bridgehead atoms. The first kappa shape index (κ1) is 22.0. The number of carbonyl (C=O) groups is 1. The Bertz CT molecular complexity index is 725. The minimum atomic E-state index is -0.328. The lowest BCUT2D eigenvalue weighted by atomic mass is 10.1. The van der Waals surface area contributed by atoms with Crippen LogP contribution in [-0.4, -0.2) is 42.1 Å². The Morgan fingerprint density at radius 2 is 1.96 bits per heavy atom. The molecule has 0 unspecified atom stereocenters. The summed E-state index contributed by atoms with van der Waals surface area (Å²) >= 11 is 0. The van der Waals surface area contributed by atoms with E-state index in [9.17, 15) is 4.79 Å². The fourth-order valence-corrected chi connectivity index (χ4v) is 2.48. The molecule has 142 valence electrons. The molecular weight excluding hydrogens is 443 g/mol. The van der Waals surface area contributed by atoms with Crippen LogP contribution in [-0.2, 0) is 24.9 Å². The smallest absolute Gasteiger partial charge is 0.337 e. The highest BCUT2D eigenvalue weighted by Crippen LogP contribution is 2.08. The zero-order valence-corrected chi connectivity index (χ0v) is 18.1. The van der Waals surface area contributed by atoms with E-state index in [4.69, 9.17) is 9.73 Å². The predicted molar refractivity (Wildman–Crippen MR) is 115 cm³/mol. The van der Waals surface area contributed by atoms with Gasteiger partial charge in [-0.15, -0.1) is 24.0 Å². The Hall–Kier alpha value is -2.03. The molecule has 7 heteroatoms. The number of ether oxygens (including phenoxy) is 1. The molecule has 0 fully saturated rings. The average Bonchev–Trinajstić information content (AvgIpc) is 3.03. The SMILES string of the molecule is CCNC(=NCc1ccc(C(=O)OC)cc1)N(C)Cc1cccn1C.I. The zero-order valence-electron chi connectivity index (χ0n) is 15.7. The van der Waals surface area contributed by atoms with Gasteiger partial charge in [0.05, 0.1) is 25.8 Å². The van der Waals surface area contributed by atoms with Gasteiger partial charge in [-0.05, 0) is 36.8 Å². The molecule has 0 aliphatic rings. The summed E-state index contributed by atoms with van der Waals surface area (Å²) in [5.74, 6) is 0.520. The fourth-order valence-electron chi connectivity index (χ4n) is 2.48. The summed E-state index contributed by atoms with van der Waals surface area (Å²) in [4.78, 5) is 18.3. The number of aliphatic imine (C=N–C) groups is 1. The van der Waals surface area contributed by atoms with Crippen molar-refractivity contribution in [1.29, 1.82) is 0 Å². The van der Waals surface area contributed by atoms with Gasteiger partial charge in [0.25, 0.3) is 0 Å². The van der Waals surface area contributed by atoms with E-state index in [1.807, 2.05) is 38.5 Å². The summed E-state index contributed by atoms with van der Waals surface area (Å²) in [5, 5.41) is 3.32. The number of benzene rings is 1. The third-order valence-corrected chi connectivity index (χ3v) is 3.93. The molecule has 1 N–H and O–H groups in total. The number of aromatic nitrogens is 1. The van der Waals surface area contributed by atoms with Crippen molar-refractivity contribution in [2.75, 3.05) is 20.7 Å². The molecule has 0 amide bonds. The van der Waals surface area contributed by atoms with Gasteiger partial charge in [0.15, 0.2) is 5.96 Å². The Morgan fingerprint density at radius 1 is 1.27 bits per heavy atom. The van der Waals surface area contributed by atoms with Crippen molar-refractivity contribution in [1.82, 2.24) is 14.8 Å². The van der Waals surface area contributed by atoms with Crippen molar-refractivity contribution in [3.8, 4) is 0 Å². The number of rotatable bonds is 6. The van der Waals surface area contributed by atoms with Crippen molar-refractivity contribution >= 4 is 35.9 Å². The largest absolute Gasteiger partial charge is 0.465 e. The van der Waals surface area contributed by atoms with E-state index in [0.29, 0.717) is 12.1 Å². The van der Waals surface area contributed by atoms with Crippen LogP contribution in [0.25, 0.3) is 0 Å². The lowest BCUT2D eigenvalue weighted by Gasteiger charge is -2.22. The molecule has 0 spiro atoms. The zero-order chi connectivity index (χ0) is 18.2. The number of methoxy groups -OCH3 is 1. The number of hydrogen-bond acceptors (Lipinski definition) is 3. The van der Waals surface area contributed by atoms with Gasteiger partial charge >= 0.3 is 5.97 Å². The highest BCUT2D eigenvalue weighted by Gasteiger charge is 2.09. The first-order chi connectivity index (χ1) is 12.0. The number of hydrogen-bond donors (Lipinski definition) is 1. The quantitative estimate of drug-likeness (QED) is 0.305. The topological polar surface area (TPSA) is 58.9 Å². The lowest BCUT2D eigenvalue weighted by Crippen LogP contribution is -2.38. The second kappa shape index (κ2) is 10.8. The molecule has 0 aliphatic heterocycles. The molecule has 0 aliphatic carbocycles. The number of halogens is 1. The summed E-state index contributed by atoms with van der Waals surface area (Å²) in [7, 11) is 5.44. The van der Waals surface area contributed by atoms with Gasteiger partial charge in [0.2, 0.25) is 0 Å². The van der Waals surface area contributed by atoms with Gasteiger partial charge in [-0.25, -0.2) is 9.79 Å². The minimum Gasteiger partial charge on any atom is -0.465 e. The second-order valence-corrected chi connectivity index (χ2v) is 5.83. The molecule has 0 saturated carbocycles. The Kier molecular flexibility index (Phi) is 9.18. The lowest BCUT2D eigenvalue weighted by molar-refractivity contribution is 0.0600. The van der Waals surface area contributed by atoms with Crippen LogP contribution in [0.1, 0.15) is 28.5 Å². The van der Waals surface area contributed by atoms with E-state index >= 15 is 0 Å². The van der Waals surface area contributed by atoms with Crippen LogP contribution in [0.3, 0.4) is 0 Å². The molecule has 1 heterocycles. The first-order valence-electron chi connectivity index (χ1n) is 8.32. The van der Waals surface area contributed by atoms with Gasteiger partial charge < -0.3 is 19.5 Å². The van der Waals surface area contributed by atoms with Crippen molar-refractivity contribution < 1.29 is 9.53 Å². The summed E-state index contributed by atoms with van der Waals surface area (Å²) in [6.07, 6.45) is 2.04. The maximum Gasteiger partial charge on any atom is 0.337 e. The summed E-state index contributed by atoms with van der Waals surface area (Å²) in [6, 6.07) is 11.5. The van der Waals surface area contributed by atoms with E-state index in [1.54, 1.807) is 12.1 Å². The predicted octanol–water partition coefficient (Wildman–Crippen LogP) is 3.03. The molecule has 0 radical (unpaired) electrons. The molecular formula is C19H27IN4O2. The number of nitrogens with one attached hydrogen (secondary N) is 1. The minimum absolute atomic E-state index is 0. The van der Waals surface area contributed by atoms with Crippen molar-refractivity contribution in [3.05, 3.63) is 59.4 Å². The second-order valence-electron chi connectivity index (χ2n) is 5.83. The summed E-state index contributed by atoms with van der Waals surface area (Å²) in [5.41, 5.74) is 2.80. The van der Waals surface area contributed by atoms with Gasteiger partial charge in [0, 0.05) is 32.5 Å². The first-order valence-corrected chi connectivity index (χ1v) is 8.32. The third-order valence-electron chi connectivity index (χ3n) is 3.93. The van der Waals surface area contributed by atoms with Crippen molar-refractivity contribution in [2.45, 2.75) is 20.0 Å². The number of esters is 1. The molecule has 1 aromatic carbocycles. The van der Waals surface area contributed by atoms with Crippen LogP contribution >= 0.6 is 24.0 Å². The monoisotopic (exact) mass is 470 g/mol. The summed E-state index contributed by atoms with van der Waals surface area (Å²) in [6.45, 7) is 4.17. The molecule has 0 atom stereocenters. The van der Waals surface area contributed by atoms with E-state index in [2.05, 4.69) is 27.8 Å².